The Balaban J connectivity index is 1.50. The summed E-state index contributed by atoms with van der Waals surface area (Å²) < 4.78 is 13.7. The van der Waals surface area contributed by atoms with Gasteiger partial charge in [0.2, 0.25) is 0 Å². The van der Waals surface area contributed by atoms with Gasteiger partial charge in [-0.2, -0.15) is 0 Å². The zero-order valence-corrected chi connectivity index (χ0v) is 17.3. The molecule has 152 valence electrons. The summed E-state index contributed by atoms with van der Waals surface area (Å²) in [5.74, 6) is 2.75. The zero-order chi connectivity index (χ0) is 20.1. The van der Waals surface area contributed by atoms with Crippen molar-refractivity contribution in [3.63, 3.8) is 0 Å². The van der Waals surface area contributed by atoms with E-state index in [1.807, 2.05) is 18.3 Å². The van der Waals surface area contributed by atoms with Crippen molar-refractivity contribution in [1.29, 1.82) is 0 Å². The predicted molar refractivity (Wildman–Crippen MR) is 115 cm³/mol. The molecule has 0 unspecified atom stereocenters. The number of benzene rings is 2. The molecule has 0 saturated carbocycles. The van der Waals surface area contributed by atoms with Crippen LogP contribution in [0, 0.1) is 0 Å². The van der Waals surface area contributed by atoms with Crippen LogP contribution in [0.15, 0.2) is 54.7 Å². The van der Waals surface area contributed by atoms with Gasteiger partial charge in [-0.1, -0.05) is 49.7 Å². The molecule has 0 aliphatic carbocycles. The van der Waals surface area contributed by atoms with Crippen molar-refractivity contribution < 1.29 is 9.47 Å². The first-order chi connectivity index (χ1) is 14.2. The van der Waals surface area contributed by atoms with E-state index in [0.29, 0.717) is 13.2 Å². The van der Waals surface area contributed by atoms with E-state index >= 15 is 0 Å². The summed E-state index contributed by atoms with van der Waals surface area (Å²) in [5, 5.41) is 0. The molecule has 5 nitrogen and oxygen atoms in total. The summed E-state index contributed by atoms with van der Waals surface area (Å²) in [5.41, 5.74) is 3.64. The molecule has 0 bridgehead atoms. The number of imidazole rings is 1. The van der Waals surface area contributed by atoms with Gasteiger partial charge in [-0.05, 0) is 31.2 Å². The topological polar surface area (TPSA) is 39.5 Å². The molecule has 0 atom stereocenters. The molecule has 1 aromatic heterocycles. The van der Waals surface area contributed by atoms with Gasteiger partial charge < -0.3 is 14.0 Å². The van der Waals surface area contributed by atoms with Crippen molar-refractivity contribution in [3.8, 4) is 22.9 Å². The molecule has 0 spiro atoms. The van der Waals surface area contributed by atoms with E-state index in [-0.39, 0.29) is 0 Å². The lowest BCUT2D eigenvalue weighted by Gasteiger charge is -2.21. The molecule has 1 aliphatic rings. The van der Waals surface area contributed by atoms with Gasteiger partial charge in [0.05, 0.1) is 11.9 Å². The van der Waals surface area contributed by atoms with Crippen LogP contribution >= 0.6 is 0 Å². The minimum Gasteiger partial charge on any atom is -0.486 e. The maximum atomic E-state index is 5.72. The van der Waals surface area contributed by atoms with Crippen LogP contribution in [0.2, 0.25) is 0 Å². The van der Waals surface area contributed by atoms with Crippen LogP contribution in [-0.4, -0.2) is 34.7 Å². The summed E-state index contributed by atoms with van der Waals surface area (Å²) in [6, 6.07) is 16.7. The SMILES string of the molecule is CCCCn1c(CN(C)Cc2ccc3c(c2)OCCO3)cnc1-c1ccccc1. The molecule has 2 aromatic carbocycles. The minimum atomic E-state index is 0.616. The average molecular weight is 392 g/mol. The molecular weight excluding hydrogens is 362 g/mol. The third-order valence-corrected chi connectivity index (χ3v) is 5.20. The van der Waals surface area contributed by atoms with Crippen molar-refractivity contribution in [2.24, 2.45) is 0 Å². The zero-order valence-electron chi connectivity index (χ0n) is 17.3. The first-order valence-electron chi connectivity index (χ1n) is 10.4. The highest BCUT2D eigenvalue weighted by molar-refractivity contribution is 5.55. The molecule has 0 fully saturated rings. The Labute approximate surface area is 172 Å². The Morgan fingerprint density at radius 2 is 1.79 bits per heavy atom. The third-order valence-electron chi connectivity index (χ3n) is 5.20. The molecule has 1 aliphatic heterocycles. The molecule has 29 heavy (non-hydrogen) atoms. The van der Waals surface area contributed by atoms with Gasteiger partial charge in [0.15, 0.2) is 11.5 Å². The first kappa shape index (κ1) is 19.5. The number of aromatic nitrogens is 2. The quantitative estimate of drug-likeness (QED) is 0.555. The average Bonchev–Trinajstić information content (AvgIpc) is 3.14. The summed E-state index contributed by atoms with van der Waals surface area (Å²) >= 11 is 0. The minimum absolute atomic E-state index is 0.616. The van der Waals surface area contributed by atoms with Crippen LogP contribution in [0.25, 0.3) is 11.4 Å². The fourth-order valence-corrected chi connectivity index (χ4v) is 3.75. The van der Waals surface area contributed by atoms with Crippen LogP contribution in [0.5, 0.6) is 11.5 Å². The molecule has 0 saturated heterocycles. The lowest BCUT2D eigenvalue weighted by molar-refractivity contribution is 0.171. The smallest absolute Gasteiger partial charge is 0.161 e. The van der Waals surface area contributed by atoms with Gasteiger partial charge in [-0.15, -0.1) is 0 Å². The molecule has 0 radical (unpaired) electrons. The van der Waals surface area contributed by atoms with Gasteiger partial charge in [0.25, 0.3) is 0 Å². The van der Waals surface area contributed by atoms with E-state index in [0.717, 1.165) is 43.4 Å². The maximum Gasteiger partial charge on any atom is 0.161 e. The lowest BCUT2D eigenvalue weighted by atomic mass is 10.2. The molecule has 2 heterocycles. The highest BCUT2D eigenvalue weighted by atomic mass is 16.6. The van der Waals surface area contributed by atoms with Gasteiger partial charge in [-0.25, -0.2) is 4.98 Å². The number of fused-ring (bicyclic) bond motifs is 1. The fourth-order valence-electron chi connectivity index (χ4n) is 3.75. The molecule has 3 aromatic rings. The van der Waals surface area contributed by atoms with Gasteiger partial charge in [-0.3, -0.25) is 4.90 Å². The van der Waals surface area contributed by atoms with Crippen molar-refractivity contribution in [3.05, 3.63) is 66.0 Å². The first-order valence-corrected chi connectivity index (χ1v) is 10.4. The van der Waals surface area contributed by atoms with E-state index in [2.05, 4.69) is 59.8 Å². The predicted octanol–water partition coefficient (Wildman–Crippen LogP) is 4.75. The Kier molecular flexibility index (Phi) is 6.15. The lowest BCUT2D eigenvalue weighted by Crippen LogP contribution is -2.20. The Morgan fingerprint density at radius 3 is 2.59 bits per heavy atom. The van der Waals surface area contributed by atoms with Crippen molar-refractivity contribution >= 4 is 0 Å². The second-order valence-electron chi connectivity index (χ2n) is 7.59. The molecule has 4 rings (SSSR count). The fraction of sp³-hybridized carbons (Fsp3) is 0.375. The maximum absolute atomic E-state index is 5.72. The second kappa shape index (κ2) is 9.14. The van der Waals surface area contributed by atoms with E-state index in [4.69, 9.17) is 14.5 Å². The van der Waals surface area contributed by atoms with Crippen molar-refractivity contribution in [2.75, 3.05) is 20.3 Å². The number of unbranched alkanes of at least 4 members (excludes halogenated alkanes) is 1. The summed E-state index contributed by atoms with van der Waals surface area (Å²) in [6.07, 6.45) is 4.34. The van der Waals surface area contributed by atoms with Gasteiger partial charge in [0.1, 0.15) is 19.0 Å². The largest absolute Gasteiger partial charge is 0.486 e. The normalized spacial score (nSPS) is 13.1. The monoisotopic (exact) mass is 391 g/mol. The summed E-state index contributed by atoms with van der Waals surface area (Å²) in [6.45, 7) is 6.15. The standard InChI is InChI=1S/C24H29N3O2/c1-3-4-12-27-21(16-25-24(27)20-8-6-5-7-9-20)18-26(2)17-19-10-11-22-23(15-19)29-14-13-28-22/h5-11,15-16H,3-4,12-14,17-18H2,1-2H3. The van der Waals surface area contributed by atoms with Crippen molar-refractivity contribution in [2.45, 2.75) is 39.4 Å². The van der Waals surface area contributed by atoms with Gasteiger partial charge >= 0.3 is 0 Å². The van der Waals surface area contributed by atoms with Crippen LogP contribution in [-0.2, 0) is 19.6 Å². The van der Waals surface area contributed by atoms with E-state index in [9.17, 15) is 0 Å². The second-order valence-corrected chi connectivity index (χ2v) is 7.59. The number of hydrogen-bond donors (Lipinski definition) is 0. The van der Waals surface area contributed by atoms with Crippen LogP contribution in [0.1, 0.15) is 31.0 Å². The summed E-state index contributed by atoms with van der Waals surface area (Å²) in [4.78, 5) is 7.08. The third kappa shape index (κ3) is 4.62. The summed E-state index contributed by atoms with van der Waals surface area (Å²) in [7, 11) is 2.15. The van der Waals surface area contributed by atoms with E-state index in [1.165, 1.54) is 23.2 Å². The Hall–Kier alpha value is -2.79. The van der Waals surface area contributed by atoms with E-state index in [1.54, 1.807) is 0 Å². The number of nitrogens with zero attached hydrogens (tertiary/aromatic N) is 3. The Morgan fingerprint density at radius 1 is 1.00 bits per heavy atom. The number of hydrogen-bond acceptors (Lipinski definition) is 4. The number of rotatable bonds is 8. The van der Waals surface area contributed by atoms with Crippen LogP contribution < -0.4 is 9.47 Å². The molecule has 5 heteroatoms. The van der Waals surface area contributed by atoms with E-state index < -0.39 is 0 Å². The molecule has 0 N–H and O–H groups in total. The molecular formula is C24H29N3O2. The number of ether oxygens (including phenoxy) is 2. The van der Waals surface area contributed by atoms with Crippen LogP contribution in [0.4, 0.5) is 0 Å². The van der Waals surface area contributed by atoms with Gasteiger partial charge in [0, 0.05) is 25.2 Å². The van der Waals surface area contributed by atoms with Crippen molar-refractivity contribution in [1.82, 2.24) is 14.5 Å². The Bertz CT molecular complexity index is 937. The highest BCUT2D eigenvalue weighted by Crippen LogP contribution is 2.31. The van der Waals surface area contributed by atoms with Crippen LogP contribution in [0.3, 0.4) is 0 Å². The molecule has 0 amide bonds. The highest BCUT2D eigenvalue weighted by Gasteiger charge is 2.15.